The Bertz CT molecular complexity index is 1500. The number of fused-ring (bicyclic) bond motifs is 3. The number of ether oxygens (including phenoxy) is 1. The molecule has 1 aliphatic rings. The highest BCUT2D eigenvalue weighted by atomic mass is 16.5. The average molecular weight is 436 g/mol. The summed E-state index contributed by atoms with van der Waals surface area (Å²) in [6, 6.07) is 15.2. The molecule has 0 radical (unpaired) electrons. The van der Waals surface area contributed by atoms with E-state index in [0.717, 1.165) is 27.8 Å². The molecule has 2 heterocycles. The van der Waals surface area contributed by atoms with E-state index in [0.29, 0.717) is 6.42 Å². The van der Waals surface area contributed by atoms with E-state index in [1.165, 1.54) is 33.2 Å². The van der Waals surface area contributed by atoms with Gasteiger partial charge in [-0.05, 0) is 45.7 Å². The van der Waals surface area contributed by atoms with Crippen molar-refractivity contribution in [3.63, 3.8) is 0 Å². The van der Waals surface area contributed by atoms with Crippen LogP contribution in [0.2, 0.25) is 0 Å². The van der Waals surface area contributed by atoms with Gasteiger partial charge in [0.1, 0.15) is 18.5 Å². The predicted octanol–water partition coefficient (Wildman–Crippen LogP) is 7.44. The van der Waals surface area contributed by atoms with Crippen LogP contribution < -0.4 is 9.30 Å². The summed E-state index contributed by atoms with van der Waals surface area (Å²) in [5.74, 6) is 1.86. The summed E-state index contributed by atoms with van der Waals surface area (Å²) in [6.07, 6.45) is 2.83. The van der Waals surface area contributed by atoms with Gasteiger partial charge < -0.3 is 9.58 Å². The fourth-order valence-corrected chi connectivity index (χ4v) is 5.37. The van der Waals surface area contributed by atoms with E-state index in [1.807, 2.05) is 13.8 Å². The van der Waals surface area contributed by atoms with Crippen LogP contribution in [0.1, 0.15) is 51.3 Å². The maximum atomic E-state index is 7.57. The Hall–Kier alpha value is -3.38. The van der Waals surface area contributed by atoms with Gasteiger partial charge in [-0.2, -0.15) is 0 Å². The highest BCUT2D eigenvalue weighted by Crippen LogP contribution is 2.53. The van der Waals surface area contributed by atoms with E-state index < -0.39 is 5.54 Å². The van der Waals surface area contributed by atoms with Crippen molar-refractivity contribution in [3.8, 4) is 22.8 Å². The van der Waals surface area contributed by atoms with Crippen molar-refractivity contribution in [1.29, 1.82) is 0 Å². The van der Waals surface area contributed by atoms with Gasteiger partial charge in [0.2, 0.25) is 11.2 Å². The van der Waals surface area contributed by atoms with Gasteiger partial charge >= 0.3 is 0 Å². The molecule has 0 spiro atoms. The number of benzene rings is 3. The van der Waals surface area contributed by atoms with Crippen molar-refractivity contribution < 1.29 is 9.30 Å². The molecule has 166 valence electrons. The lowest BCUT2D eigenvalue weighted by Gasteiger charge is -2.30. The molecule has 4 aromatic rings. The van der Waals surface area contributed by atoms with Gasteiger partial charge in [0.25, 0.3) is 0 Å². The summed E-state index contributed by atoms with van der Waals surface area (Å²) < 4.78 is 9.08. The molecule has 3 aromatic carbocycles. The number of nitrogens with zero attached hydrogens (tertiary/aromatic N) is 2. The first-order valence-electron chi connectivity index (χ1n) is 11.6. The molecule has 1 aromatic heterocycles. The van der Waals surface area contributed by atoms with Crippen LogP contribution in [0.5, 0.6) is 11.5 Å². The smallest absolute Gasteiger partial charge is 0.231 e. The van der Waals surface area contributed by atoms with Gasteiger partial charge in [-0.25, -0.2) is 11.1 Å². The molecule has 0 amide bonds. The van der Waals surface area contributed by atoms with Gasteiger partial charge in [0.15, 0.2) is 6.20 Å². The molecule has 33 heavy (non-hydrogen) atoms. The molecule has 0 aliphatic carbocycles. The zero-order valence-electron chi connectivity index (χ0n) is 20.6. The Labute approximate surface area is 196 Å². The summed E-state index contributed by atoms with van der Waals surface area (Å²) in [7, 11) is 2.12. The fraction of sp³-hybridized carbons (Fsp3) is 0.333. The third-order valence-corrected chi connectivity index (χ3v) is 6.83. The topological polar surface area (TPSA) is 17.5 Å². The molecular formula is C30H31N2O+. The molecule has 1 aliphatic heterocycles. The molecule has 3 nitrogen and oxygen atoms in total. The highest BCUT2D eigenvalue weighted by Gasteiger charge is 2.36. The number of hydrogen-bond donors (Lipinski definition) is 0. The molecule has 3 heteroatoms. The second-order valence-electron chi connectivity index (χ2n) is 11.0. The minimum atomic E-state index is -0.446. The first kappa shape index (κ1) is 21.5. The maximum Gasteiger partial charge on any atom is 0.231 e. The molecule has 0 atom stereocenters. The third kappa shape index (κ3) is 3.28. The second-order valence-corrected chi connectivity index (χ2v) is 11.0. The summed E-state index contributed by atoms with van der Waals surface area (Å²) in [5, 5.41) is 4.84. The number of hydrogen-bond acceptors (Lipinski definition) is 1. The minimum absolute atomic E-state index is 0.0922. The summed E-state index contributed by atoms with van der Waals surface area (Å²) >= 11 is 0. The number of aromatic nitrogens is 1. The zero-order valence-corrected chi connectivity index (χ0v) is 20.6. The molecule has 0 N–H and O–H groups in total. The van der Waals surface area contributed by atoms with Crippen LogP contribution in [-0.2, 0) is 18.9 Å². The summed E-state index contributed by atoms with van der Waals surface area (Å²) in [5.41, 5.74) is 5.48. The molecule has 0 bridgehead atoms. The molecule has 0 unspecified atom stereocenters. The molecular weight excluding hydrogens is 404 g/mol. The Morgan fingerprint density at radius 3 is 2.36 bits per heavy atom. The largest absolute Gasteiger partial charge is 0.455 e. The van der Waals surface area contributed by atoms with E-state index in [1.54, 1.807) is 0 Å². The normalized spacial score (nSPS) is 13.0. The Morgan fingerprint density at radius 1 is 1.00 bits per heavy atom. The van der Waals surface area contributed by atoms with Gasteiger partial charge in [-0.15, -0.1) is 0 Å². The molecule has 0 saturated carbocycles. The van der Waals surface area contributed by atoms with Crippen molar-refractivity contribution in [2.24, 2.45) is 7.05 Å². The van der Waals surface area contributed by atoms with Crippen LogP contribution in [0.15, 0.2) is 48.7 Å². The predicted molar refractivity (Wildman–Crippen MR) is 136 cm³/mol. The van der Waals surface area contributed by atoms with Gasteiger partial charge in [0.05, 0.1) is 17.4 Å². The highest BCUT2D eigenvalue weighted by molar-refractivity contribution is 6.07. The zero-order chi connectivity index (χ0) is 23.7. The van der Waals surface area contributed by atoms with E-state index >= 15 is 0 Å². The third-order valence-electron chi connectivity index (χ3n) is 6.83. The Kier molecular flexibility index (Phi) is 4.59. The summed E-state index contributed by atoms with van der Waals surface area (Å²) in [6.45, 7) is 20.6. The Balaban J connectivity index is 1.91. The monoisotopic (exact) mass is 435 g/mol. The van der Waals surface area contributed by atoms with Crippen LogP contribution in [0.4, 0.5) is 0 Å². The second kappa shape index (κ2) is 7.06. The number of rotatable bonds is 2. The van der Waals surface area contributed by atoms with Crippen molar-refractivity contribution in [2.75, 3.05) is 0 Å². The van der Waals surface area contributed by atoms with Crippen LogP contribution in [0, 0.1) is 13.5 Å². The van der Waals surface area contributed by atoms with Crippen LogP contribution >= 0.6 is 0 Å². The van der Waals surface area contributed by atoms with Gasteiger partial charge in [0, 0.05) is 25.5 Å². The minimum Gasteiger partial charge on any atom is -0.455 e. The first-order valence-corrected chi connectivity index (χ1v) is 11.6. The van der Waals surface area contributed by atoms with Crippen molar-refractivity contribution in [2.45, 2.75) is 58.9 Å². The van der Waals surface area contributed by atoms with Gasteiger partial charge in [-0.3, -0.25) is 0 Å². The number of aryl methyl sites for hydroxylation is 2. The molecule has 0 saturated heterocycles. The Morgan fingerprint density at radius 2 is 1.70 bits per heavy atom. The maximum absolute atomic E-state index is 7.57. The van der Waals surface area contributed by atoms with Crippen LogP contribution in [0.3, 0.4) is 0 Å². The lowest BCUT2D eigenvalue weighted by molar-refractivity contribution is -0.659. The fourth-order valence-electron chi connectivity index (χ4n) is 5.37. The van der Waals surface area contributed by atoms with Crippen molar-refractivity contribution in [1.82, 2.24) is 0 Å². The van der Waals surface area contributed by atoms with Crippen LogP contribution in [-0.4, -0.2) is 5.54 Å². The van der Waals surface area contributed by atoms with Crippen molar-refractivity contribution >= 4 is 21.5 Å². The van der Waals surface area contributed by atoms with E-state index in [-0.39, 0.29) is 5.41 Å². The molecule has 5 rings (SSSR count). The van der Waals surface area contributed by atoms with E-state index in [9.17, 15) is 0 Å². The SMILES string of the molecule is [C-]#[N+]C(C)(C)Cc1cc2c3c([n+](C)ccc3c1)-c1c(c(C(C)(C)C)c3ccccc3c1C)O2. The van der Waals surface area contributed by atoms with Crippen molar-refractivity contribution in [3.05, 3.63) is 76.8 Å². The standard InChI is InChI=1S/C30H31N2O/c1-18-21-11-9-10-12-22(21)26(29(2,3)4)28-24(18)27-25-20(13-14-32(27)8)15-19(16-23(25)33-28)17-30(5,6)31-7/h9-16H,17H2,1-6,8H3/q+1. The van der Waals surface area contributed by atoms with E-state index in [4.69, 9.17) is 11.3 Å². The quantitative estimate of drug-likeness (QED) is 0.208. The molecule has 0 fully saturated rings. The average Bonchev–Trinajstić information content (AvgIpc) is 2.74. The lowest BCUT2D eigenvalue weighted by Crippen LogP contribution is -2.32. The number of pyridine rings is 1. The lowest BCUT2D eigenvalue weighted by atomic mass is 9.78. The van der Waals surface area contributed by atoms with Gasteiger partial charge in [-0.1, -0.05) is 51.1 Å². The van der Waals surface area contributed by atoms with E-state index in [2.05, 4.69) is 92.8 Å². The first-order chi connectivity index (χ1) is 15.5. The van der Waals surface area contributed by atoms with Crippen LogP contribution in [0.25, 0.3) is 37.6 Å². The summed E-state index contributed by atoms with van der Waals surface area (Å²) in [4.78, 5) is 3.83.